The second-order valence-corrected chi connectivity index (χ2v) is 7.34. The number of hydrogen-bond acceptors (Lipinski definition) is 5. The largest absolute Gasteiger partial charge is 0.379 e. The molecule has 0 saturated carbocycles. The van der Waals surface area contributed by atoms with Crippen LogP contribution in [-0.2, 0) is 15.1 Å². The zero-order valence-electron chi connectivity index (χ0n) is 15.9. The molecule has 2 aliphatic rings. The first-order chi connectivity index (χ1) is 13.5. The lowest BCUT2D eigenvalue weighted by atomic mass is 9.79. The van der Waals surface area contributed by atoms with E-state index in [0.717, 1.165) is 13.1 Å². The van der Waals surface area contributed by atoms with Gasteiger partial charge in [0, 0.05) is 24.2 Å². The Bertz CT molecular complexity index is 879. The van der Waals surface area contributed by atoms with Crippen molar-refractivity contribution >= 4 is 17.4 Å². The molecule has 0 aromatic heterocycles. The van der Waals surface area contributed by atoms with Crippen LogP contribution in [-0.4, -0.2) is 54.7 Å². The summed E-state index contributed by atoms with van der Waals surface area (Å²) in [6.07, 6.45) is 0. The zero-order valence-corrected chi connectivity index (χ0v) is 15.9. The van der Waals surface area contributed by atoms with Crippen LogP contribution in [0.15, 0.2) is 54.6 Å². The van der Waals surface area contributed by atoms with E-state index < -0.39 is 17.4 Å². The maximum atomic E-state index is 13.4. The Kier molecular flexibility index (Phi) is 5.02. The number of anilines is 1. The van der Waals surface area contributed by atoms with Gasteiger partial charge in [-0.15, -0.1) is 0 Å². The fourth-order valence-electron chi connectivity index (χ4n) is 4.01. The normalized spacial score (nSPS) is 23.5. The summed E-state index contributed by atoms with van der Waals surface area (Å²) in [5, 5.41) is 11.6. The van der Waals surface area contributed by atoms with Gasteiger partial charge < -0.3 is 9.84 Å². The molecule has 0 bridgehead atoms. The van der Waals surface area contributed by atoms with Crippen molar-refractivity contribution in [2.24, 2.45) is 5.92 Å². The van der Waals surface area contributed by atoms with Gasteiger partial charge in [-0.3, -0.25) is 19.4 Å². The minimum Gasteiger partial charge on any atom is -0.379 e. The van der Waals surface area contributed by atoms with Gasteiger partial charge in [0.25, 0.3) is 5.91 Å². The number of ketones is 1. The van der Waals surface area contributed by atoms with Gasteiger partial charge in [0.2, 0.25) is 0 Å². The van der Waals surface area contributed by atoms with Gasteiger partial charge in [-0.1, -0.05) is 55.5 Å². The summed E-state index contributed by atoms with van der Waals surface area (Å²) in [6, 6.07) is 16.0. The van der Waals surface area contributed by atoms with Gasteiger partial charge >= 0.3 is 0 Å². The van der Waals surface area contributed by atoms with Crippen LogP contribution in [0.2, 0.25) is 0 Å². The number of carbonyl (C=O) groups is 2. The van der Waals surface area contributed by atoms with Crippen molar-refractivity contribution in [1.82, 2.24) is 4.90 Å². The molecule has 2 aliphatic heterocycles. The molecular weight excluding hydrogens is 356 g/mol. The first-order valence-corrected chi connectivity index (χ1v) is 9.56. The number of amides is 1. The highest BCUT2D eigenvalue weighted by molar-refractivity contribution is 6.11. The monoisotopic (exact) mass is 380 g/mol. The highest BCUT2D eigenvalue weighted by atomic mass is 16.5. The SMILES string of the molecule is C[C@H](C(=O)c1ccccc1)[C@]1(O)C(=O)N(CN2CCOCC2)c2ccccc21. The van der Waals surface area contributed by atoms with Crippen LogP contribution in [0.1, 0.15) is 22.8 Å². The summed E-state index contributed by atoms with van der Waals surface area (Å²) in [7, 11) is 0. The van der Waals surface area contributed by atoms with E-state index in [1.54, 1.807) is 48.2 Å². The molecule has 0 unspecified atom stereocenters. The highest BCUT2D eigenvalue weighted by Gasteiger charge is 2.55. The lowest BCUT2D eigenvalue weighted by Crippen LogP contribution is -2.51. The molecule has 1 saturated heterocycles. The van der Waals surface area contributed by atoms with E-state index in [2.05, 4.69) is 4.90 Å². The molecule has 6 heteroatoms. The highest BCUT2D eigenvalue weighted by Crippen LogP contribution is 2.45. The van der Waals surface area contributed by atoms with Crippen molar-refractivity contribution in [3.8, 4) is 0 Å². The van der Waals surface area contributed by atoms with E-state index in [-0.39, 0.29) is 5.78 Å². The minimum atomic E-state index is -1.88. The number of carbonyl (C=O) groups excluding carboxylic acids is 2. The van der Waals surface area contributed by atoms with E-state index in [1.165, 1.54) is 0 Å². The maximum absolute atomic E-state index is 13.4. The Labute approximate surface area is 164 Å². The number of nitrogens with zero attached hydrogens (tertiary/aromatic N) is 2. The van der Waals surface area contributed by atoms with Crippen molar-refractivity contribution < 1.29 is 19.4 Å². The topological polar surface area (TPSA) is 70.1 Å². The fourth-order valence-corrected chi connectivity index (χ4v) is 4.01. The van der Waals surface area contributed by atoms with Crippen LogP contribution in [0.5, 0.6) is 0 Å². The number of benzene rings is 2. The van der Waals surface area contributed by atoms with Crippen molar-refractivity contribution in [2.45, 2.75) is 12.5 Å². The first kappa shape index (κ1) is 18.8. The number of ether oxygens (including phenoxy) is 1. The lowest BCUT2D eigenvalue weighted by molar-refractivity contribution is -0.140. The average Bonchev–Trinajstić information content (AvgIpc) is 2.97. The van der Waals surface area contributed by atoms with Crippen molar-refractivity contribution in [1.29, 1.82) is 0 Å². The third kappa shape index (κ3) is 3.03. The maximum Gasteiger partial charge on any atom is 0.265 e. The Morgan fingerprint density at radius 1 is 1.11 bits per heavy atom. The Morgan fingerprint density at radius 2 is 1.75 bits per heavy atom. The number of rotatable bonds is 5. The van der Waals surface area contributed by atoms with Crippen LogP contribution in [0.25, 0.3) is 0 Å². The summed E-state index contributed by atoms with van der Waals surface area (Å²) in [4.78, 5) is 30.1. The van der Waals surface area contributed by atoms with Crippen LogP contribution >= 0.6 is 0 Å². The summed E-state index contributed by atoms with van der Waals surface area (Å²) >= 11 is 0. The molecule has 6 nitrogen and oxygen atoms in total. The molecule has 2 heterocycles. The van der Waals surface area contributed by atoms with Crippen LogP contribution in [0.3, 0.4) is 0 Å². The Balaban J connectivity index is 1.68. The van der Waals surface area contributed by atoms with Crippen LogP contribution < -0.4 is 4.90 Å². The number of para-hydroxylation sites is 1. The van der Waals surface area contributed by atoms with E-state index >= 15 is 0 Å². The number of aliphatic hydroxyl groups is 1. The molecule has 1 amide bonds. The molecular formula is C22H24N2O4. The average molecular weight is 380 g/mol. The van der Waals surface area contributed by atoms with Gasteiger partial charge in [0.15, 0.2) is 11.4 Å². The Hall–Kier alpha value is -2.54. The molecule has 28 heavy (non-hydrogen) atoms. The summed E-state index contributed by atoms with van der Waals surface area (Å²) in [5.74, 6) is -1.60. The van der Waals surface area contributed by atoms with Gasteiger partial charge in [-0.2, -0.15) is 0 Å². The zero-order chi connectivity index (χ0) is 19.7. The van der Waals surface area contributed by atoms with Crippen molar-refractivity contribution in [3.05, 3.63) is 65.7 Å². The van der Waals surface area contributed by atoms with Crippen LogP contribution in [0, 0.1) is 5.92 Å². The summed E-state index contributed by atoms with van der Waals surface area (Å²) in [6.45, 7) is 4.69. The molecule has 0 radical (unpaired) electrons. The van der Waals surface area contributed by atoms with E-state index in [9.17, 15) is 14.7 Å². The van der Waals surface area contributed by atoms with E-state index in [1.807, 2.05) is 18.2 Å². The van der Waals surface area contributed by atoms with Crippen LogP contribution in [0.4, 0.5) is 5.69 Å². The molecule has 146 valence electrons. The number of Topliss-reactive ketones (excluding diaryl/α,β-unsaturated/α-hetero) is 1. The molecule has 0 aliphatic carbocycles. The lowest BCUT2D eigenvalue weighted by Gasteiger charge is -2.32. The smallest absolute Gasteiger partial charge is 0.265 e. The van der Waals surface area contributed by atoms with Crippen molar-refractivity contribution in [2.75, 3.05) is 37.9 Å². The van der Waals surface area contributed by atoms with Crippen molar-refractivity contribution in [3.63, 3.8) is 0 Å². The van der Waals surface area contributed by atoms with Gasteiger partial charge in [0.05, 0.1) is 31.5 Å². The molecule has 2 atom stereocenters. The molecule has 1 fully saturated rings. The Morgan fingerprint density at radius 3 is 2.46 bits per heavy atom. The summed E-state index contributed by atoms with van der Waals surface area (Å²) in [5.41, 5.74) is -0.241. The second-order valence-electron chi connectivity index (χ2n) is 7.34. The minimum absolute atomic E-state index is 0.250. The standard InChI is InChI=1S/C22H24N2O4/c1-16(20(25)17-7-3-2-4-8-17)22(27)18-9-5-6-10-19(18)24(21(22)26)15-23-11-13-28-14-12-23/h2-10,16,27H,11-15H2,1H3/t16-,22-/m1/s1. The summed E-state index contributed by atoms with van der Waals surface area (Å²) < 4.78 is 5.38. The van der Waals surface area contributed by atoms with Gasteiger partial charge in [-0.25, -0.2) is 0 Å². The molecule has 0 spiro atoms. The number of hydrogen-bond donors (Lipinski definition) is 1. The van der Waals surface area contributed by atoms with E-state index in [0.29, 0.717) is 36.7 Å². The number of morpholine rings is 1. The predicted octanol–water partition coefficient (Wildman–Crippen LogP) is 2.03. The quantitative estimate of drug-likeness (QED) is 0.804. The predicted molar refractivity (Wildman–Crippen MR) is 105 cm³/mol. The fraction of sp³-hybridized carbons (Fsp3) is 0.364. The number of fused-ring (bicyclic) bond motifs is 1. The molecule has 4 rings (SSSR count). The van der Waals surface area contributed by atoms with Gasteiger partial charge in [0.1, 0.15) is 0 Å². The first-order valence-electron chi connectivity index (χ1n) is 9.56. The van der Waals surface area contributed by atoms with Gasteiger partial charge in [-0.05, 0) is 6.07 Å². The molecule has 2 aromatic carbocycles. The molecule has 2 aromatic rings. The molecule has 1 N–H and O–H groups in total. The second kappa shape index (κ2) is 7.47. The third-order valence-electron chi connectivity index (χ3n) is 5.70. The third-order valence-corrected chi connectivity index (χ3v) is 5.70. The van der Waals surface area contributed by atoms with E-state index in [4.69, 9.17) is 4.74 Å².